The van der Waals surface area contributed by atoms with Gasteiger partial charge in [-0.15, -0.1) is 0 Å². The highest BCUT2D eigenvalue weighted by Gasteiger charge is 2.36. The van der Waals surface area contributed by atoms with E-state index in [9.17, 15) is 9.90 Å². The fourth-order valence-corrected chi connectivity index (χ4v) is 4.54. The van der Waals surface area contributed by atoms with Crippen LogP contribution in [0.2, 0.25) is 0 Å². The molecule has 158 valence electrons. The number of benzene rings is 1. The van der Waals surface area contributed by atoms with Crippen LogP contribution in [-0.2, 0) is 16.8 Å². The van der Waals surface area contributed by atoms with Crippen molar-refractivity contribution >= 4 is 16.9 Å². The smallest absolute Gasteiger partial charge is 0.277 e. The molecule has 1 aromatic heterocycles. The standard InChI is InChI=1S/C23H33N3O3/c1-22(2,3)21-24-18-12-17(20(27)26-14-23(4,28)15-29-26)10-11-19(18)25(21)13-16-8-6-5-7-9-16/h10-12,16,28H,5-9,13-15H2,1-4H3/t23-/m0/s1. The maximum absolute atomic E-state index is 12.8. The van der Waals surface area contributed by atoms with Gasteiger partial charge in [-0.3, -0.25) is 9.63 Å². The highest BCUT2D eigenvalue weighted by molar-refractivity contribution is 5.97. The van der Waals surface area contributed by atoms with Crippen molar-refractivity contribution in [3.05, 3.63) is 29.6 Å². The lowest BCUT2D eigenvalue weighted by Gasteiger charge is -2.26. The quantitative estimate of drug-likeness (QED) is 0.845. The van der Waals surface area contributed by atoms with E-state index in [4.69, 9.17) is 9.82 Å². The number of aromatic nitrogens is 2. The van der Waals surface area contributed by atoms with Crippen molar-refractivity contribution in [2.45, 2.75) is 77.4 Å². The lowest BCUT2D eigenvalue weighted by molar-refractivity contribution is -0.0797. The summed E-state index contributed by atoms with van der Waals surface area (Å²) < 4.78 is 2.37. The number of amides is 1. The number of aliphatic hydroxyl groups is 1. The van der Waals surface area contributed by atoms with E-state index in [0.29, 0.717) is 11.5 Å². The third-order valence-corrected chi connectivity index (χ3v) is 6.07. The van der Waals surface area contributed by atoms with Crippen LogP contribution in [0.5, 0.6) is 0 Å². The molecule has 1 atom stereocenters. The minimum atomic E-state index is -0.999. The van der Waals surface area contributed by atoms with E-state index < -0.39 is 5.60 Å². The Labute approximate surface area is 172 Å². The van der Waals surface area contributed by atoms with Gasteiger partial charge >= 0.3 is 0 Å². The Morgan fingerprint density at radius 2 is 2.00 bits per heavy atom. The second kappa shape index (κ2) is 7.40. The van der Waals surface area contributed by atoms with Crippen molar-refractivity contribution in [1.29, 1.82) is 0 Å². The van der Waals surface area contributed by atoms with E-state index in [0.717, 1.165) is 23.4 Å². The number of β-amino-alcohol motifs (C(OH)–C–C–N with tert-alkyl or cyclic N) is 1. The molecule has 6 nitrogen and oxygen atoms in total. The van der Waals surface area contributed by atoms with Crippen LogP contribution in [0.3, 0.4) is 0 Å². The monoisotopic (exact) mass is 399 g/mol. The number of imidazole rings is 1. The number of fused-ring (bicyclic) bond motifs is 1. The summed E-state index contributed by atoms with van der Waals surface area (Å²) in [5.41, 5.74) is 1.40. The Morgan fingerprint density at radius 1 is 1.28 bits per heavy atom. The fourth-order valence-electron chi connectivity index (χ4n) is 4.54. The average Bonchev–Trinajstić information content (AvgIpc) is 3.21. The van der Waals surface area contributed by atoms with Crippen LogP contribution >= 0.6 is 0 Å². The Bertz CT molecular complexity index is 904. The maximum atomic E-state index is 12.8. The van der Waals surface area contributed by atoms with Gasteiger partial charge < -0.3 is 9.67 Å². The number of hydroxylamine groups is 2. The predicted molar refractivity (Wildman–Crippen MR) is 113 cm³/mol. The molecule has 0 bridgehead atoms. The van der Waals surface area contributed by atoms with E-state index in [2.05, 4.69) is 25.3 Å². The first-order chi connectivity index (χ1) is 13.6. The Balaban J connectivity index is 1.67. The molecule has 2 aromatic rings. The van der Waals surface area contributed by atoms with Crippen molar-refractivity contribution in [3.8, 4) is 0 Å². The van der Waals surface area contributed by atoms with E-state index in [-0.39, 0.29) is 24.5 Å². The van der Waals surface area contributed by atoms with E-state index in [1.807, 2.05) is 18.2 Å². The number of carbonyl (C=O) groups excluding carboxylic acids is 1. The van der Waals surface area contributed by atoms with Gasteiger partial charge in [0, 0.05) is 17.5 Å². The fraction of sp³-hybridized carbons (Fsp3) is 0.652. The highest BCUT2D eigenvalue weighted by atomic mass is 16.7. The minimum Gasteiger partial charge on any atom is -0.386 e. The van der Waals surface area contributed by atoms with E-state index in [1.54, 1.807) is 6.92 Å². The maximum Gasteiger partial charge on any atom is 0.277 e. The van der Waals surface area contributed by atoms with Crippen LogP contribution in [0.25, 0.3) is 11.0 Å². The van der Waals surface area contributed by atoms with Crippen molar-refractivity contribution in [1.82, 2.24) is 14.6 Å². The van der Waals surface area contributed by atoms with Gasteiger partial charge in [0.05, 0.1) is 17.6 Å². The first-order valence-corrected chi connectivity index (χ1v) is 10.8. The number of hydrogen-bond donors (Lipinski definition) is 1. The normalized spacial score (nSPS) is 23.8. The number of nitrogens with zero attached hydrogens (tertiary/aromatic N) is 3. The zero-order chi connectivity index (χ0) is 20.8. The molecule has 6 heteroatoms. The van der Waals surface area contributed by atoms with Crippen LogP contribution in [0.4, 0.5) is 0 Å². The Hall–Kier alpha value is -1.92. The highest BCUT2D eigenvalue weighted by Crippen LogP contribution is 2.32. The molecule has 1 aliphatic heterocycles. The van der Waals surface area contributed by atoms with Gasteiger partial charge in [-0.25, -0.2) is 10.0 Å². The molecule has 1 aliphatic carbocycles. The molecule has 1 N–H and O–H groups in total. The summed E-state index contributed by atoms with van der Waals surface area (Å²) in [7, 11) is 0. The largest absolute Gasteiger partial charge is 0.386 e. The molecule has 1 saturated heterocycles. The topological polar surface area (TPSA) is 67.6 Å². The van der Waals surface area contributed by atoms with Gasteiger partial charge in [0.15, 0.2) is 0 Å². The van der Waals surface area contributed by atoms with Crippen LogP contribution in [0.15, 0.2) is 18.2 Å². The zero-order valence-corrected chi connectivity index (χ0v) is 18.1. The third kappa shape index (κ3) is 4.19. The third-order valence-electron chi connectivity index (χ3n) is 6.07. The van der Waals surface area contributed by atoms with Gasteiger partial charge in [0.25, 0.3) is 5.91 Å². The molecule has 0 radical (unpaired) electrons. The summed E-state index contributed by atoms with van der Waals surface area (Å²) in [6.07, 6.45) is 6.56. The molecule has 1 amide bonds. The summed E-state index contributed by atoms with van der Waals surface area (Å²) in [6, 6.07) is 5.73. The lowest BCUT2D eigenvalue weighted by Crippen LogP contribution is -2.34. The summed E-state index contributed by atoms with van der Waals surface area (Å²) in [5.74, 6) is 1.54. The van der Waals surface area contributed by atoms with Gasteiger partial charge in [-0.2, -0.15) is 0 Å². The number of rotatable bonds is 3. The van der Waals surface area contributed by atoms with E-state index in [1.165, 1.54) is 37.2 Å². The van der Waals surface area contributed by atoms with Gasteiger partial charge in [-0.05, 0) is 43.9 Å². The van der Waals surface area contributed by atoms with Crippen molar-refractivity contribution < 1.29 is 14.7 Å². The van der Waals surface area contributed by atoms with Crippen molar-refractivity contribution in [2.24, 2.45) is 5.92 Å². The summed E-state index contributed by atoms with van der Waals surface area (Å²) in [6.45, 7) is 9.55. The molecular weight excluding hydrogens is 366 g/mol. The molecule has 0 unspecified atom stereocenters. The average molecular weight is 400 g/mol. The summed E-state index contributed by atoms with van der Waals surface area (Å²) >= 11 is 0. The van der Waals surface area contributed by atoms with Crippen LogP contribution in [0.1, 0.15) is 76.0 Å². The van der Waals surface area contributed by atoms with Gasteiger partial charge in [-0.1, -0.05) is 40.0 Å². The minimum absolute atomic E-state index is 0.0748. The van der Waals surface area contributed by atoms with Gasteiger partial charge in [0.2, 0.25) is 0 Å². The second-order valence-electron chi connectivity index (χ2n) is 10.1. The molecule has 0 spiro atoms. The Kier molecular flexibility index (Phi) is 5.20. The predicted octanol–water partition coefficient (Wildman–Crippen LogP) is 4.05. The second-order valence-corrected chi connectivity index (χ2v) is 10.1. The van der Waals surface area contributed by atoms with Crippen LogP contribution in [0, 0.1) is 5.92 Å². The Morgan fingerprint density at radius 3 is 2.62 bits per heavy atom. The summed E-state index contributed by atoms with van der Waals surface area (Å²) in [4.78, 5) is 23.2. The number of carbonyl (C=O) groups is 1. The zero-order valence-electron chi connectivity index (χ0n) is 18.1. The molecule has 1 aromatic carbocycles. The molecule has 2 fully saturated rings. The molecule has 2 heterocycles. The lowest BCUT2D eigenvalue weighted by atomic mass is 9.88. The van der Waals surface area contributed by atoms with Crippen molar-refractivity contribution in [3.63, 3.8) is 0 Å². The van der Waals surface area contributed by atoms with Crippen LogP contribution < -0.4 is 0 Å². The SMILES string of the molecule is CC(C)(C)c1nc2cc(C(=O)N3C[C@](C)(O)CO3)ccc2n1CC1CCCCC1. The first-order valence-electron chi connectivity index (χ1n) is 10.8. The summed E-state index contributed by atoms with van der Waals surface area (Å²) in [5, 5.41) is 11.3. The molecular formula is C23H33N3O3. The molecule has 2 aliphatic rings. The molecule has 1 saturated carbocycles. The first kappa shape index (κ1) is 20.4. The molecule has 29 heavy (non-hydrogen) atoms. The van der Waals surface area contributed by atoms with Gasteiger partial charge in [0.1, 0.15) is 18.0 Å². The van der Waals surface area contributed by atoms with Crippen LogP contribution in [-0.4, -0.2) is 44.4 Å². The van der Waals surface area contributed by atoms with E-state index >= 15 is 0 Å². The van der Waals surface area contributed by atoms with Crippen molar-refractivity contribution in [2.75, 3.05) is 13.2 Å². The number of hydrogen-bond acceptors (Lipinski definition) is 4. The molecule has 4 rings (SSSR count).